The number of aryl methyl sites for hydroxylation is 2. The molecule has 1 aliphatic heterocycles. The molecule has 3 nitrogen and oxygen atoms in total. The molecule has 1 aromatic rings. The van der Waals surface area contributed by atoms with Crippen molar-refractivity contribution in [3.05, 3.63) is 29.3 Å². The minimum atomic E-state index is -0.0484. The van der Waals surface area contributed by atoms with Crippen LogP contribution in [0.3, 0.4) is 0 Å². The van der Waals surface area contributed by atoms with Gasteiger partial charge in [-0.1, -0.05) is 18.2 Å². The number of carbonyl (C=O) groups excluding carboxylic acids is 1. The number of piperidine rings is 1. The Morgan fingerprint density at radius 1 is 1.28 bits per heavy atom. The first-order valence-electron chi connectivity index (χ1n) is 6.71. The molecule has 0 aromatic heterocycles. The summed E-state index contributed by atoms with van der Waals surface area (Å²) in [5.41, 5.74) is 3.20. The molecule has 2 atom stereocenters. The summed E-state index contributed by atoms with van der Waals surface area (Å²) in [4.78, 5) is 12.2. The Morgan fingerprint density at radius 3 is 2.56 bits per heavy atom. The van der Waals surface area contributed by atoms with Crippen molar-refractivity contribution < 1.29 is 4.79 Å². The average Bonchev–Trinajstić information content (AvgIpc) is 2.34. The average molecular weight is 246 g/mol. The smallest absolute Gasteiger partial charge is 0.241 e. The topological polar surface area (TPSA) is 41.1 Å². The predicted molar refractivity (Wildman–Crippen MR) is 74.8 cm³/mol. The fraction of sp³-hybridized carbons (Fsp3) is 0.533. The normalized spacial score (nSPS) is 23.7. The van der Waals surface area contributed by atoms with E-state index in [-0.39, 0.29) is 11.9 Å². The van der Waals surface area contributed by atoms with E-state index < -0.39 is 0 Å². The Labute approximate surface area is 109 Å². The first kappa shape index (κ1) is 13.1. The van der Waals surface area contributed by atoms with Gasteiger partial charge in [0.1, 0.15) is 0 Å². The van der Waals surface area contributed by atoms with Gasteiger partial charge in [-0.05, 0) is 51.2 Å². The van der Waals surface area contributed by atoms with E-state index in [0.717, 1.165) is 36.1 Å². The number of carbonyl (C=O) groups is 1. The van der Waals surface area contributed by atoms with Gasteiger partial charge in [0.05, 0.1) is 6.04 Å². The molecule has 0 saturated carbocycles. The Morgan fingerprint density at radius 2 is 1.94 bits per heavy atom. The fourth-order valence-corrected chi connectivity index (χ4v) is 2.57. The molecule has 1 heterocycles. The highest BCUT2D eigenvalue weighted by atomic mass is 16.2. The van der Waals surface area contributed by atoms with Crippen LogP contribution in [0.1, 0.15) is 37.3 Å². The van der Waals surface area contributed by atoms with Crippen molar-refractivity contribution in [2.24, 2.45) is 0 Å². The third-order valence-electron chi connectivity index (χ3n) is 3.66. The molecular weight excluding hydrogens is 224 g/mol. The number of amides is 1. The van der Waals surface area contributed by atoms with Crippen LogP contribution < -0.4 is 10.6 Å². The number of para-hydroxylation sites is 1. The van der Waals surface area contributed by atoms with Crippen LogP contribution in [-0.2, 0) is 4.79 Å². The van der Waals surface area contributed by atoms with Gasteiger partial charge < -0.3 is 10.6 Å². The maximum absolute atomic E-state index is 12.2. The molecule has 0 unspecified atom stereocenters. The van der Waals surface area contributed by atoms with Crippen LogP contribution in [0.4, 0.5) is 5.69 Å². The van der Waals surface area contributed by atoms with Crippen molar-refractivity contribution in [1.29, 1.82) is 0 Å². The lowest BCUT2D eigenvalue weighted by atomic mass is 9.98. The molecule has 0 spiro atoms. The minimum absolute atomic E-state index is 0.0484. The summed E-state index contributed by atoms with van der Waals surface area (Å²) in [5, 5.41) is 6.43. The molecule has 0 radical (unpaired) electrons. The standard InChI is InChI=1S/C15H22N2O/c1-10-6-4-7-11(2)14(10)17-15(18)13-9-5-8-12(3)16-13/h4,6-7,12-13,16H,5,8-9H2,1-3H3,(H,17,18)/t12-,13-/m1/s1. The van der Waals surface area contributed by atoms with Gasteiger partial charge >= 0.3 is 0 Å². The molecule has 2 N–H and O–H groups in total. The third-order valence-corrected chi connectivity index (χ3v) is 3.66. The van der Waals surface area contributed by atoms with Gasteiger partial charge in [-0.15, -0.1) is 0 Å². The highest BCUT2D eigenvalue weighted by Gasteiger charge is 2.24. The predicted octanol–water partition coefficient (Wildman–Crippen LogP) is 2.77. The summed E-state index contributed by atoms with van der Waals surface area (Å²) in [6.07, 6.45) is 3.22. The summed E-state index contributed by atoms with van der Waals surface area (Å²) in [7, 11) is 0. The molecule has 98 valence electrons. The van der Waals surface area contributed by atoms with E-state index in [0.29, 0.717) is 6.04 Å². The molecule has 0 aliphatic carbocycles. The van der Waals surface area contributed by atoms with Crippen molar-refractivity contribution in [1.82, 2.24) is 5.32 Å². The van der Waals surface area contributed by atoms with Gasteiger partial charge in [0.15, 0.2) is 0 Å². The molecule has 2 rings (SSSR count). The maximum Gasteiger partial charge on any atom is 0.241 e. The number of hydrogen-bond acceptors (Lipinski definition) is 2. The summed E-state index contributed by atoms with van der Waals surface area (Å²) in [5.74, 6) is 0.0963. The molecule has 1 amide bonds. The van der Waals surface area contributed by atoms with E-state index in [1.807, 2.05) is 32.0 Å². The fourth-order valence-electron chi connectivity index (χ4n) is 2.57. The van der Waals surface area contributed by atoms with Crippen molar-refractivity contribution >= 4 is 11.6 Å². The zero-order valence-corrected chi connectivity index (χ0v) is 11.4. The molecule has 1 aromatic carbocycles. The monoisotopic (exact) mass is 246 g/mol. The summed E-state index contributed by atoms with van der Waals surface area (Å²) >= 11 is 0. The zero-order valence-electron chi connectivity index (χ0n) is 11.4. The largest absolute Gasteiger partial charge is 0.324 e. The van der Waals surface area contributed by atoms with E-state index in [9.17, 15) is 4.79 Å². The lowest BCUT2D eigenvalue weighted by Gasteiger charge is -2.28. The number of anilines is 1. The minimum Gasteiger partial charge on any atom is -0.324 e. The number of rotatable bonds is 2. The Hall–Kier alpha value is -1.35. The highest BCUT2D eigenvalue weighted by Crippen LogP contribution is 2.21. The zero-order chi connectivity index (χ0) is 13.1. The molecule has 1 aliphatic rings. The van der Waals surface area contributed by atoms with E-state index in [4.69, 9.17) is 0 Å². The van der Waals surface area contributed by atoms with Crippen LogP contribution in [-0.4, -0.2) is 18.0 Å². The van der Waals surface area contributed by atoms with Gasteiger partial charge in [-0.3, -0.25) is 4.79 Å². The second-order valence-electron chi connectivity index (χ2n) is 5.31. The first-order valence-corrected chi connectivity index (χ1v) is 6.71. The summed E-state index contributed by atoms with van der Waals surface area (Å²) in [6, 6.07) is 6.46. The van der Waals surface area contributed by atoms with Crippen molar-refractivity contribution in [2.45, 2.75) is 52.1 Å². The molecule has 18 heavy (non-hydrogen) atoms. The van der Waals surface area contributed by atoms with Crippen molar-refractivity contribution in [3.8, 4) is 0 Å². The molecule has 1 saturated heterocycles. The molecular formula is C15H22N2O. The van der Waals surface area contributed by atoms with Gasteiger partial charge in [0.25, 0.3) is 0 Å². The van der Waals surface area contributed by atoms with Gasteiger partial charge in [0.2, 0.25) is 5.91 Å². The lowest BCUT2D eigenvalue weighted by molar-refractivity contribution is -0.118. The second-order valence-corrected chi connectivity index (χ2v) is 5.31. The van der Waals surface area contributed by atoms with E-state index in [1.54, 1.807) is 0 Å². The van der Waals surface area contributed by atoms with E-state index >= 15 is 0 Å². The lowest BCUT2D eigenvalue weighted by Crippen LogP contribution is -2.47. The number of nitrogens with one attached hydrogen (secondary N) is 2. The maximum atomic E-state index is 12.2. The summed E-state index contributed by atoms with van der Waals surface area (Å²) < 4.78 is 0. The molecule has 3 heteroatoms. The number of benzene rings is 1. The van der Waals surface area contributed by atoms with Crippen molar-refractivity contribution in [2.75, 3.05) is 5.32 Å². The van der Waals surface area contributed by atoms with E-state index in [2.05, 4.69) is 17.6 Å². The van der Waals surface area contributed by atoms with Crippen LogP contribution in [0.15, 0.2) is 18.2 Å². The second kappa shape index (κ2) is 5.53. The van der Waals surface area contributed by atoms with Crippen molar-refractivity contribution in [3.63, 3.8) is 0 Å². The van der Waals surface area contributed by atoms with Crippen LogP contribution in [0.2, 0.25) is 0 Å². The highest BCUT2D eigenvalue weighted by molar-refractivity contribution is 5.96. The first-order chi connectivity index (χ1) is 8.58. The Balaban J connectivity index is 2.07. The SMILES string of the molecule is Cc1cccc(C)c1NC(=O)[C@H]1CCC[C@@H](C)N1. The van der Waals surface area contributed by atoms with Crippen LogP contribution >= 0.6 is 0 Å². The van der Waals surface area contributed by atoms with Crippen LogP contribution in [0.5, 0.6) is 0 Å². The van der Waals surface area contributed by atoms with Gasteiger partial charge in [-0.25, -0.2) is 0 Å². The van der Waals surface area contributed by atoms with Crippen LogP contribution in [0.25, 0.3) is 0 Å². The van der Waals surface area contributed by atoms with Gasteiger partial charge in [0, 0.05) is 11.7 Å². The van der Waals surface area contributed by atoms with Crippen LogP contribution in [0, 0.1) is 13.8 Å². The third kappa shape index (κ3) is 2.91. The molecule has 0 bridgehead atoms. The van der Waals surface area contributed by atoms with Gasteiger partial charge in [-0.2, -0.15) is 0 Å². The molecule has 1 fully saturated rings. The Bertz CT molecular complexity index is 422. The Kier molecular flexibility index (Phi) is 4.02. The summed E-state index contributed by atoms with van der Waals surface area (Å²) in [6.45, 7) is 6.19. The number of hydrogen-bond donors (Lipinski definition) is 2. The quantitative estimate of drug-likeness (QED) is 0.842. The van der Waals surface area contributed by atoms with E-state index in [1.165, 1.54) is 0 Å².